The Morgan fingerprint density at radius 2 is 1.93 bits per heavy atom. The van der Waals surface area contributed by atoms with Gasteiger partial charge in [0, 0.05) is 6.04 Å². The molecule has 0 spiro atoms. The first-order valence-electron chi connectivity index (χ1n) is 5.50. The number of ether oxygens (including phenoxy) is 2. The van der Waals surface area contributed by atoms with Crippen molar-refractivity contribution in [1.29, 1.82) is 0 Å². The van der Waals surface area contributed by atoms with E-state index in [4.69, 9.17) is 9.47 Å². The van der Waals surface area contributed by atoms with Gasteiger partial charge in [-0.15, -0.1) is 0 Å². The highest BCUT2D eigenvalue weighted by atomic mass is 16.6. The molecule has 2 aliphatic heterocycles. The second kappa shape index (κ2) is 3.42. The maximum Gasteiger partial charge on any atom is 0.161 e. The Morgan fingerprint density at radius 3 is 2.73 bits per heavy atom. The van der Waals surface area contributed by atoms with E-state index in [1.165, 1.54) is 11.1 Å². The van der Waals surface area contributed by atoms with Gasteiger partial charge >= 0.3 is 0 Å². The third kappa shape index (κ3) is 1.47. The molecule has 2 aliphatic rings. The Balaban J connectivity index is 2.08. The fraction of sp³-hybridized carbons (Fsp3) is 0.500. The van der Waals surface area contributed by atoms with Gasteiger partial charge in [-0.1, -0.05) is 0 Å². The smallest absolute Gasteiger partial charge is 0.161 e. The molecule has 2 heterocycles. The van der Waals surface area contributed by atoms with Gasteiger partial charge in [0.1, 0.15) is 13.2 Å². The van der Waals surface area contributed by atoms with Gasteiger partial charge in [-0.25, -0.2) is 0 Å². The van der Waals surface area contributed by atoms with Crippen molar-refractivity contribution in [1.82, 2.24) is 5.32 Å². The van der Waals surface area contributed by atoms with E-state index >= 15 is 0 Å². The zero-order valence-corrected chi connectivity index (χ0v) is 8.88. The summed E-state index contributed by atoms with van der Waals surface area (Å²) in [5.74, 6) is 1.81. The first-order chi connectivity index (χ1) is 7.34. The van der Waals surface area contributed by atoms with Crippen molar-refractivity contribution >= 4 is 0 Å². The molecular formula is C12H15NO2. The highest BCUT2D eigenvalue weighted by Gasteiger charge is 2.21. The van der Waals surface area contributed by atoms with Gasteiger partial charge < -0.3 is 14.8 Å². The molecule has 15 heavy (non-hydrogen) atoms. The van der Waals surface area contributed by atoms with Crippen molar-refractivity contribution in [2.45, 2.75) is 19.4 Å². The van der Waals surface area contributed by atoms with E-state index in [0.717, 1.165) is 24.5 Å². The van der Waals surface area contributed by atoms with Crippen LogP contribution in [-0.2, 0) is 6.42 Å². The summed E-state index contributed by atoms with van der Waals surface area (Å²) in [4.78, 5) is 0. The van der Waals surface area contributed by atoms with Crippen molar-refractivity contribution in [2.75, 3.05) is 19.8 Å². The minimum Gasteiger partial charge on any atom is -0.486 e. The fourth-order valence-electron chi connectivity index (χ4n) is 2.30. The molecule has 3 rings (SSSR count). The van der Waals surface area contributed by atoms with Crippen molar-refractivity contribution in [3.05, 3.63) is 23.3 Å². The third-order valence-electron chi connectivity index (χ3n) is 3.12. The van der Waals surface area contributed by atoms with Crippen LogP contribution in [0.1, 0.15) is 24.1 Å². The van der Waals surface area contributed by atoms with Crippen molar-refractivity contribution < 1.29 is 9.47 Å². The Morgan fingerprint density at radius 1 is 1.20 bits per heavy atom. The summed E-state index contributed by atoms with van der Waals surface area (Å²) >= 11 is 0. The fourth-order valence-corrected chi connectivity index (χ4v) is 2.30. The van der Waals surface area contributed by atoms with Crippen molar-refractivity contribution in [3.8, 4) is 11.5 Å². The number of hydrogen-bond acceptors (Lipinski definition) is 3. The van der Waals surface area contributed by atoms with E-state index < -0.39 is 0 Å². The largest absolute Gasteiger partial charge is 0.486 e. The van der Waals surface area contributed by atoms with Crippen LogP contribution in [0.25, 0.3) is 0 Å². The van der Waals surface area contributed by atoms with Gasteiger partial charge in [0.05, 0.1) is 0 Å². The van der Waals surface area contributed by atoms with E-state index in [1.54, 1.807) is 0 Å². The van der Waals surface area contributed by atoms with Crippen LogP contribution in [0.2, 0.25) is 0 Å². The SMILES string of the molecule is CC1NCCc2cc3c(cc21)OCCO3. The van der Waals surface area contributed by atoms with Crippen LogP contribution in [0.15, 0.2) is 12.1 Å². The summed E-state index contributed by atoms with van der Waals surface area (Å²) in [5, 5.41) is 3.45. The van der Waals surface area contributed by atoms with Crippen LogP contribution in [0.4, 0.5) is 0 Å². The average molecular weight is 205 g/mol. The predicted octanol–water partition coefficient (Wildman–Crippen LogP) is 1.66. The Kier molecular flexibility index (Phi) is 2.06. The van der Waals surface area contributed by atoms with Gasteiger partial charge in [-0.05, 0) is 43.1 Å². The molecule has 1 unspecified atom stereocenters. The van der Waals surface area contributed by atoms with Gasteiger partial charge in [-0.2, -0.15) is 0 Å². The Labute approximate surface area is 89.4 Å². The number of hydrogen-bond donors (Lipinski definition) is 1. The second-order valence-electron chi connectivity index (χ2n) is 4.12. The molecule has 0 fully saturated rings. The molecule has 1 N–H and O–H groups in total. The maximum absolute atomic E-state index is 5.59. The minimum absolute atomic E-state index is 0.421. The zero-order valence-electron chi connectivity index (χ0n) is 8.88. The topological polar surface area (TPSA) is 30.5 Å². The normalized spacial score (nSPS) is 23.4. The van der Waals surface area contributed by atoms with Crippen LogP contribution < -0.4 is 14.8 Å². The summed E-state index contributed by atoms with van der Waals surface area (Å²) < 4.78 is 11.2. The van der Waals surface area contributed by atoms with Gasteiger partial charge in [0.15, 0.2) is 11.5 Å². The third-order valence-corrected chi connectivity index (χ3v) is 3.12. The first kappa shape index (κ1) is 9.04. The summed E-state index contributed by atoms with van der Waals surface area (Å²) in [5.41, 5.74) is 2.75. The number of rotatable bonds is 0. The summed E-state index contributed by atoms with van der Waals surface area (Å²) in [6.07, 6.45) is 1.08. The van der Waals surface area contributed by atoms with E-state index in [-0.39, 0.29) is 0 Å². The summed E-state index contributed by atoms with van der Waals surface area (Å²) in [7, 11) is 0. The molecule has 0 aliphatic carbocycles. The van der Waals surface area contributed by atoms with E-state index in [9.17, 15) is 0 Å². The molecule has 1 atom stereocenters. The summed E-state index contributed by atoms with van der Waals surface area (Å²) in [6, 6.07) is 4.69. The van der Waals surface area contributed by atoms with Gasteiger partial charge in [0.2, 0.25) is 0 Å². The Hall–Kier alpha value is -1.22. The molecule has 1 aromatic carbocycles. The second-order valence-corrected chi connectivity index (χ2v) is 4.12. The Bertz CT molecular complexity index is 389. The molecule has 3 heteroatoms. The number of nitrogens with one attached hydrogen (secondary N) is 1. The van der Waals surface area contributed by atoms with Crippen LogP contribution in [-0.4, -0.2) is 19.8 Å². The predicted molar refractivity (Wildman–Crippen MR) is 57.6 cm³/mol. The lowest BCUT2D eigenvalue weighted by Gasteiger charge is -2.27. The van der Waals surface area contributed by atoms with E-state index in [1.807, 2.05) is 0 Å². The molecule has 0 saturated carbocycles. The molecule has 0 amide bonds. The van der Waals surface area contributed by atoms with Crippen LogP contribution in [0, 0.1) is 0 Å². The van der Waals surface area contributed by atoms with E-state index in [0.29, 0.717) is 19.3 Å². The lowest BCUT2D eigenvalue weighted by atomic mass is 9.94. The lowest BCUT2D eigenvalue weighted by Crippen LogP contribution is -2.28. The zero-order chi connectivity index (χ0) is 10.3. The number of benzene rings is 1. The monoisotopic (exact) mass is 205 g/mol. The quantitative estimate of drug-likeness (QED) is 0.698. The minimum atomic E-state index is 0.421. The highest BCUT2D eigenvalue weighted by molar-refractivity contribution is 5.49. The molecule has 0 aromatic heterocycles. The first-order valence-corrected chi connectivity index (χ1v) is 5.50. The molecule has 3 nitrogen and oxygen atoms in total. The maximum atomic E-state index is 5.59. The van der Waals surface area contributed by atoms with Gasteiger partial charge in [-0.3, -0.25) is 0 Å². The van der Waals surface area contributed by atoms with Crippen molar-refractivity contribution in [2.24, 2.45) is 0 Å². The van der Waals surface area contributed by atoms with Crippen molar-refractivity contribution in [3.63, 3.8) is 0 Å². The molecule has 80 valence electrons. The standard InChI is InChI=1S/C12H15NO2/c1-8-10-7-12-11(14-4-5-15-12)6-9(10)2-3-13-8/h6-8,13H,2-5H2,1H3. The van der Waals surface area contributed by atoms with Crippen LogP contribution in [0.3, 0.4) is 0 Å². The highest BCUT2D eigenvalue weighted by Crippen LogP contribution is 2.36. The van der Waals surface area contributed by atoms with Gasteiger partial charge in [0.25, 0.3) is 0 Å². The lowest BCUT2D eigenvalue weighted by molar-refractivity contribution is 0.171. The molecule has 1 aromatic rings. The molecule has 0 bridgehead atoms. The van der Waals surface area contributed by atoms with Crippen LogP contribution in [0.5, 0.6) is 11.5 Å². The molecular weight excluding hydrogens is 190 g/mol. The average Bonchev–Trinajstić information content (AvgIpc) is 2.27. The number of fused-ring (bicyclic) bond motifs is 2. The van der Waals surface area contributed by atoms with Crippen LogP contribution >= 0.6 is 0 Å². The summed E-state index contributed by atoms with van der Waals surface area (Å²) in [6.45, 7) is 4.56. The molecule has 0 radical (unpaired) electrons. The molecule has 0 saturated heterocycles. The van der Waals surface area contributed by atoms with E-state index in [2.05, 4.69) is 24.4 Å².